The molecule has 0 saturated carbocycles. The number of fused-ring (bicyclic) bond motifs is 1. The van der Waals surface area contributed by atoms with Crippen molar-refractivity contribution in [3.05, 3.63) is 28.6 Å². The van der Waals surface area contributed by atoms with Gasteiger partial charge in [-0.15, -0.1) is 0 Å². The number of hydrogen-bond donors (Lipinski definition) is 0. The topological polar surface area (TPSA) is 53.7 Å². The van der Waals surface area contributed by atoms with E-state index in [9.17, 15) is 4.79 Å². The Labute approximate surface area is 119 Å². The van der Waals surface area contributed by atoms with E-state index in [1.807, 2.05) is 4.90 Å². The Bertz CT molecular complexity index is 618. The molecule has 2 aromatic rings. The number of halogens is 1. The number of likely N-dealkylation sites (N-methyl/N-ethyl adjacent to an activating group) is 1. The van der Waals surface area contributed by atoms with Gasteiger partial charge >= 0.3 is 0 Å². The highest BCUT2D eigenvalue weighted by atomic mass is 79.9. The summed E-state index contributed by atoms with van der Waals surface area (Å²) in [5, 5.41) is 4.29. The minimum atomic E-state index is -0.0188. The van der Waals surface area contributed by atoms with E-state index in [2.05, 4.69) is 38.0 Å². The van der Waals surface area contributed by atoms with Crippen LogP contribution < -0.4 is 0 Å². The van der Waals surface area contributed by atoms with Gasteiger partial charge in [-0.2, -0.15) is 5.10 Å². The lowest BCUT2D eigenvalue weighted by molar-refractivity contribution is 0.0658. The van der Waals surface area contributed by atoms with Crippen LogP contribution in [0.1, 0.15) is 10.5 Å². The van der Waals surface area contributed by atoms with Crippen molar-refractivity contribution in [1.29, 1.82) is 0 Å². The molecule has 1 amide bonds. The van der Waals surface area contributed by atoms with Crippen LogP contribution in [0.4, 0.5) is 0 Å². The summed E-state index contributed by atoms with van der Waals surface area (Å²) in [5.74, 6) is -0.0188. The maximum Gasteiger partial charge on any atom is 0.274 e. The van der Waals surface area contributed by atoms with Crippen molar-refractivity contribution in [2.45, 2.75) is 0 Å². The zero-order valence-corrected chi connectivity index (χ0v) is 12.2. The Kier molecular flexibility index (Phi) is 3.24. The fraction of sp³-hybridized carbons (Fsp3) is 0.417. The van der Waals surface area contributed by atoms with E-state index in [0.29, 0.717) is 11.3 Å². The van der Waals surface area contributed by atoms with Crippen molar-refractivity contribution < 1.29 is 4.79 Å². The van der Waals surface area contributed by atoms with E-state index >= 15 is 0 Å². The zero-order valence-electron chi connectivity index (χ0n) is 10.6. The van der Waals surface area contributed by atoms with E-state index in [1.165, 1.54) is 0 Å². The van der Waals surface area contributed by atoms with Gasteiger partial charge in [-0.1, -0.05) is 0 Å². The second-order valence-electron chi connectivity index (χ2n) is 4.70. The molecule has 1 aliphatic heterocycles. The highest BCUT2D eigenvalue weighted by Gasteiger charge is 2.22. The minimum absolute atomic E-state index is 0.0188. The molecule has 1 saturated heterocycles. The summed E-state index contributed by atoms with van der Waals surface area (Å²) < 4.78 is 2.45. The van der Waals surface area contributed by atoms with E-state index in [1.54, 1.807) is 23.0 Å². The molecule has 1 fully saturated rings. The monoisotopic (exact) mass is 323 g/mol. The van der Waals surface area contributed by atoms with Crippen LogP contribution in [0, 0.1) is 0 Å². The average Bonchev–Trinajstić information content (AvgIpc) is 2.81. The van der Waals surface area contributed by atoms with Crippen molar-refractivity contribution in [3.63, 3.8) is 0 Å². The van der Waals surface area contributed by atoms with Gasteiger partial charge in [-0.3, -0.25) is 4.79 Å². The number of hydrogen-bond acceptors (Lipinski definition) is 4. The summed E-state index contributed by atoms with van der Waals surface area (Å²) in [6.07, 6.45) is 3.49. The standard InChI is InChI=1S/C12H14BrN5O/c1-16-2-4-17(5-3-16)12(19)10-6-11-14-7-9(13)8-18(11)15-10/h6-8H,2-5H2,1H3. The van der Waals surface area contributed by atoms with Gasteiger partial charge in [0.2, 0.25) is 0 Å². The summed E-state index contributed by atoms with van der Waals surface area (Å²) in [6.45, 7) is 3.31. The van der Waals surface area contributed by atoms with Crippen molar-refractivity contribution >= 4 is 27.5 Å². The van der Waals surface area contributed by atoms with Gasteiger partial charge in [0.25, 0.3) is 5.91 Å². The number of piperazine rings is 1. The third-order valence-corrected chi connectivity index (χ3v) is 3.70. The molecule has 0 bridgehead atoms. The van der Waals surface area contributed by atoms with Gasteiger partial charge in [-0.05, 0) is 23.0 Å². The lowest BCUT2D eigenvalue weighted by Crippen LogP contribution is -2.47. The molecule has 0 atom stereocenters. The fourth-order valence-electron chi connectivity index (χ4n) is 2.13. The van der Waals surface area contributed by atoms with Crippen LogP contribution >= 0.6 is 15.9 Å². The SMILES string of the molecule is CN1CCN(C(=O)c2cc3ncc(Br)cn3n2)CC1. The molecular weight excluding hydrogens is 310 g/mol. The van der Waals surface area contributed by atoms with Crippen LogP contribution in [-0.2, 0) is 0 Å². The molecule has 19 heavy (non-hydrogen) atoms. The largest absolute Gasteiger partial charge is 0.335 e. The number of amides is 1. The van der Waals surface area contributed by atoms with Crippen LogP contribution in [-0.4, -0.2) is 63.5 Å². The third kappa shape index (κ3) is 2.48. The zero-order chi connectivity index (χ0) is 13.4. The highest BCUT2D eigenvalue weighted by Crippen LogP contribution is 2.12. The normalized spacial score (nSPS) is 17.1. The summed E-state index contributed by atoms with van der Waals surface area (Å²) in [4.78, 5) is 20.6. The molecule has 2 aromatic heterocycles. The van der Waals surface area contributed by atoms with Crippen LogP contribution in [0.25, 0.3) is 5.65 Å². The first-order valence-corrected chi connectivity index (χ1v) is 6.91. The number of carbonyl (C=O) groups excluding carboxylic acids is 1. The molecule has 0 aliphatic carbocycles. The first-order valence-electron chi connectivity index (χ1n) is 6.12. The number of carbonyl (C=O) groups is 1. The Balaban J connectivity index is 1.85. The van der Waals surface area contributed by atoms with Gasteiger partial charge in [0.15, 0.2) is 11.3 Å². The van der Waals surface area contributed by atoms with Crippen LogP contribution in [0.3, 0.4) is 0 Å². The molecule has 0 aromatic carbocycles. The Hall–Kier alpha value is -1.47. The van der Waals surface area contributed by atoms with E-state index in [4.69, 9.17) is 0 Å². The van der Waals surface area contributed by atoms with Crippen molar-refractivity contribution in [2.24, 2.45) is 0 Å². The fourth-order valence-corrected chi connectivity index (χ4v) is 2.43. The van der Waals surface area contributed by atoms with Crippen LogP contribution in [0.15, 0.2) is 22.9 Å². The second kappa shape index (κ2) is 4.90. The molecule has 0 radical (unpaired) electrons. The van der Waals surface area contributed by atoms with Gasteiger partial charge < -0.3 is 9.80 Å². The molecular formula is C12H14BrN5O. The Morgan fingerprint density at radius 1 is 1.32 bits per heavy atom. The first kappa shape index (κ1) is 12.6. The predicted molar refractivity (Wildman–Crippen MR) is 74.1 cm³/mol. The Morgan fingerprint density at radius 2 is 2.05 bits per heavy atom. The molecule has 0 unspecified atom stereocenters. The van der Waals surface area contributed by atoms with Crippen LogP contribution in [0.5, 0.6) is 0 Å². The minimum Gasteiger partial charge on any atom is -0.335 e. The van der Waals surface area contributed by atoms with Crippen molar-refractivity contribution in [3.8, 4) is 0 Å². The molecule has 3 rings (SSSR count). The maximum absolute atomic E-state index is 12.4. The molecule has 6 nitrogen and oxygen atoms in total. The van der Waals surface area contributed by atoms with Gasteiger partial charge in [0.05, 0.1) is 4.47 Å². The molecule has 0 N–H and O–H groups in total. The third-order valence-electron chi connectivity index (χ3n) is 3.29. The summed E-state index contributed by atoms with van der Waals surface area (Å²) in [7, 11) is 2.06. The quantitative estimate of drug-likeness (QED) is 0.781. The number of aromatic nitrogens is 3. The van der Waals surface area contributed by atoms with Gasteiger partial charge in [-0.25, -0.2) is 9.50 Å². The summed E-state index contributed by atoms with van der Waals surface area (Å²) in [5.41, 5.74) is 1.14. The molecule has 1 aliphatic rings. The smallest absolute Gasteiger partial charge is 0.274 e. The molecule has 7 heteroatoms. The van der Waals surface area contributed by atoms with Crippen LogP contribution in [0.2, 0.25) is 0 Å². The molecule has 0 spiro atoms. The van der Waals surface area contributed by atoms with Crippen molar-refractivity contribution in [1.82, 2.24) is 24.4 Å². The second-order valence-corrected chi connectivity index (χ2v) is 5.62. The number of rotatable bonds is 1. The van der Waals surface area contributed by atoms with Crippen molar-refractivity contribution in [2.75, 3.05) is 33.2 Å². The number of nitrogens with zero attached hydrogens (tertiary/aromatic N) is 5. The lowest BCUT2D eigenvalue weighted by Gasteiger charge is -2.31. The average molecular weight is 324 g/mol. The van der Waals surface area contributed by atoms with E-state index in [0.717, 1.165) is 30.7 Å². The summed E-state index contributed by atoms with van der Waals surface area (Å²) >= 11 is 3.34. The summed E-state index contributed by atoms with van der Waals surface area (Å²) in [6, 6.07) is 1.73. The maximum atomic E-state index is 12.4. The lowest BCUT2D eigenvalue weighted by atomic mass is 10.3. The Morgan fingerprint density at radius 3 is 2.79 bits per heavy atom. The van der Waals surface area contributed by atoms with E-state index < -0.39 is 0 Å². The predicted octanol–water partition coefficient (Wildman–Crippen LogP) is 0.879. The highest BCUT2D eigenvalue weighted by molar-refractivity contribution is 9.10. The first-order chi connectivity index (χ1) is 9.13. The van der Waals surface area contributed by atoms with Gasteiger partial charge in [0.1, 0.15) is 0 Å². The van der Waals surface area contributed by atoms with Gasteiger partial charge in [0, 0.05) is 44.6 Å². The van der Waals surface area contributed by atoms with E-state index in [-0.39, 0.29) is 5.91 Å². The molecule has 3 heterocycles. The molecule has 100 valence electrons.